The third-order valence-corrected chi connectivity index (χ3v) is 4.44. The molecule has 0 aliphatic rings. The third-order valence-electron chi connectivity index (χ3n) is 4.44. The summed E-state index contributed by atoms with van der Waals surface area (Å²) in [7, 11) is 3.07. The number of methoxy groups -OCH3 is 1. The fourth-order valence-corrected chi connectivity index (χ4v) is 2.82. The molecule has 7 heteroatoms. The lowest BCUT2D eigenvalue weighted by Gasteiger charge is -2.09. The van der Waals surface area contributed by atoms with E-state index in [1.807, 2.05) is 30.3 Å². The summed E-state index contributed by atoms with van der Waals surface area (Å²) >= 11 is 0. The van der Waals surface area contributed by atoms with Crippen molar-refractivity contribution >= 4 is 11.5 Å². The zero-order chi connectivity index (χ0) is 20.8. The Bertz CT molecular complexity index is 1030. The summed E-state index contributed by atoms with van der Waals surface area (Å²) in [6.45, 7) is 1.56. The maximum atomic E-state index is 13.6. The number of Topliss-reactive ketones (excluding diaryl/α,β-unsaturated/α-hetero) is 1. The Kier molecular flexibility index (Phi) is 6.29. The maximum Gasteiger partial charge on any atom is 0.170 e. The number of ether oxygens (including phenoxy) is 1. The first-order chi connectivity index (χ1) is 14.0. The van der Waals surface area contributed by atoms with E-state index in [4.69, 9.17) is 9.57 Å². The number of oxime groups is 1. The quantitative estimate of drug-likeness (QED) is 0.347. The molecule has 0 aliphatic carbocycles. The molecule has 0 saturated carbocycles. The van der Waals surface area contributed by atoms with Crippen LogP contribution in [-0.2, 0) is 11.3 Å². The molecule has 6 nitrogen and oxygen atoms in total. The molecular formula is C22H20FN3O3. The number of nitrogens with zero attached hydrogens (tertiary/aromatic N) is 3. The summed E-state index contributed by atoms with van der Waals surface area (Å²) in [6.07, 6.45) is 4.14. The summed E-state index contributed by atoms with van der Waals surface area (Å²) in [4.78, 5) is 25.6. The molecule has 3 rings (SSSR count). The smallest absolute Gasteiger partial charge is 0.170 e. The molecule has 0 amide bonds. The number of rotatable bonds is 7. The van der Waals surface area contributed by atoms with Gasteiger partial charge in [0.1, 0.15) is 24.4 Å². The highest BCUT2D eigenvalue weighted by molar-refractivity contribution is 6.12. The predicted molar refractivity (Wildman–Crippen MR) is 107 cm³/mol. The minimum Gasteiger partial charge on any atom is -0.497 e. The molecule has 0 saturated heterocycles. The Morgan fingerprint density at radius 1 is 1.03 bits per heavy atom. The van der Waals surface area contributed by atoms with Crippen LogP contribution in [0.1, 0.15) is 32.7 Å². The summed E-state index contributed by atoms with van der Waals surface area (Å²) < 4.78 is 18.8. The monoisotopic (exact) mass is 393 g/mol. The van der Waals surface area contributed by atoms with Gasteiger partial charge in [-0.2, -0.15) is 0 Å². The highest BCUT2D eigenvalue weighted by Gasteiger charge is 2.15. The number of pyridine rings is 2. The van der Waals surface area contributed by atoms with Crippen LogP contribution in [0.15, 0.2) is 60.1 Å². The van der Waals surface area contributed by atoms with Crippen LogP contribution in [0.25, 0.3) is 0 Å². The van der Waals surface area contributed by atoms with Crippen LogP contribution in [0, 0.1) is 12.7 Å². The standard InChI is InChI=1S/C22H20FN3O3/c1-14-19(12-24-13-20(14)23)21(27)10-17-7-4-16(11-25-17)22(26-29-3)15-5-8-18(28-2)9-6-15/h4-9,11-13H,10H2,1-3H3/b26-22-. The van der Waals surface area contributed by atoms with Gasteiger partial charge in [-0.1, -0.05) is 5.16 Å². The van der Waals surface area contributed by atoms with Crippen LogP contribution in [0.4, 0.5) is 4.39 Å². The van der Waals surface area contributed by atoms with Crippen molar-refractivity contribution in [3.63, 3.8) is 0 Å². The molecular weight excluding hydrogens is 373 g/mol. The molecule has 2 aromatic heterocycles. The van der Waals surface area contributed by atoms with E-state index in [0.717, 1.165) is 23.1 Å². The number of ketones is 1. The van der Waals surface area contributed by atoms with Crippen molar-refractivity contribution in [2.75, 3.05) is 14.2 Å². The van der Waals surface area contributed by atoms with Crippen molar-refractivity contribution in [3.8, 4) is 5.75 Å². The van der Waals surface area contributed by atoms with E-state index < -0.39 is 5.82 Å². The number of carbonyl (C=O) groups is 1. The number of halogens is 1. The SMILES string of the molecule is CO/N=C(/c1ccc(OC)cc1)c1ccc(CC(=O)c2cncc(F)c2C)nc1. The van der Waals surface area contributed by atoms with Gasteiger partial charge < -0.3 is 9.57 Å². The molecule has 148 valence electrons. The Balaban J connectivity index is 1.81. The van der Waals surface area contributed by atoms with Crippen molar-refractivity contribution in [1.82, 2.24) is 9.97 Å². The molecule has 0 radical (unpaired) electrons. The second-order valence-electron chi connectivity index (χ2n) is 6.28. The zero-order valence-corrected chi connectivity index (χ0v) is 16.3. The summed E-state index contributed by atoms with van der Waals surface area (Å²) in [5.41, 5.74) is 3.28. The molecule has 29 heavy (non-hydrogen) atoms. The van der Waals surface area contributed by atoms with Gasteiger partial charge in [0, 0.05) is 34.8 Å². The Hall–Kier alpha value is -3.61. The van der Waals surface area contributed by atoms with Gasteiger partial charge in [0.25, 0.3) is 0 Å². The fourth-order valence-electron chi connectivity index (χ4n) is 2.82. The first-order valence-electron chi connectivity index (χ1n) is 8.87. The van der Waals surface area contributed by atoms with Crippen LogP contribution >= 0.6 is 0 Å². The average molecular weight is 393 g/mol. The molecule has 0 N–H and O–H groups in total. The molecule has 0 unspecified atom stereocenters. The molecule has 0 spiro atoms. The fraction of sp³-hybridized carbons (Fsp3) is 0.182. The molecule has 1 aromatic carbocycles. The van der Waals surface area contributed by atoms with Gasteiger partial charge in [0.15, 0.2) is 5.78 Å². The third kappa shape index (κ3) is 4.63. The minimum absolute atomic E-state index is 0.0472. The lowest BCUT2D eigenvalue weighted by molar-refractivity contribution is 0.0990. The van der Waals surface area contributed by atoms with Crippen LogP contribution in [0.2, 0.25) is 0 Å². The highest BCUT2D eigenvalue weighted by atomic mass is 19.1. The van der Waals surface area contributed by atoms with Gasteiger partial charge in [-0.3, -0.25) is 14.8 Å². The van der Waals surface area contributed by atoms with Crippen molar-refractivity contribution in [2.45, 2.75) is 13.3 Å². The average Bonchev–Trinajstić information content (AvgIpc) is 2.75. The van der Waals surface area contributed by atoms with Crippen LogP contribution in [0.5, 0.6) is 5.75 Å². The zero-order valence-electron chi connectivity index (χ0n) is 16.3. The lowest BCUT2D eigenvalue weighted by Crippen LogP contribution is -2.10. The van der Waals surface area contributed by atoms with Crippen molar-refractivity contribution in [2.24, 2.45) is 5.16 Å². The van der Waals surface area contributed by atoms with E-state index in [-0.39, 0.29) is 23.3 Å². The van der Waals surface area contributed by atoms with Crippen LogP contribution in [-0.4, -0.2) is 35.7 Å². The van der Waals surface area contributed by atoms with E-state index in [1.54, 1.807) is 26.3 Å². The van der Waals surface area contributed by atoms with Gasteiger partial charge in [-0.25, -0.2) is 4.39 Å². The van der Waals surface area contributed by atoms with E-state index in [0.29, 0.717) is 11.4 Å². The van der Waals surface area contributed by atoms with Crippen molar-refractivity contribution < 1.29 is 18.8 Å². The topological polar surface area (TPSA) is 73.7 Å². The second kappa shape index (κ2) is 9.05. The second-order valence-corrected chi connectivity index (χ2v) is 6.28. The van der Waals surface area contributed by atoms with E-state index in [2.05, 4.69) is 15.1 Å². The van der Waals surface area contributed by atoms with E-state index in [1.165, 1.54) is 13.3 Å². The molecule has 0 fully saturated rings. The lowest BCUT2D eigenvalue weighted by atomic mass is 10.0. The minimum atomic E-state index is -0.501. The van der Waals surface area contributed by atoms with Crippen LogP contribution < -0.4 is 4.74 Å². The van der Waals surface area contributed by atoms with Gasteiger partial charge in [-0.05, 0) is 48.9 Å². The van der Waals surface area contributed by atoms with E-state index >= 15 is 0 Å². The van der Waals surface area contributed by atoms with Crippen molar-refractivity contribution in [1.29, 1.82) is 0 Å². The first-order valence-corrected chi connectivity index (χ1v) is 8.87. The molecule has 0 atom stereocenters. The number of hydrogen-bond donors (Lipinski definition) is 0. The van der Waals surface area contributed by atoms with Gasteiger partial charge in [-0.15, -0.1) is 0 Å². The molecule has 2 heterocycles. The number of aromatic nitrogens is 2. The van der Waals surface area contributed by atoms with Crippen LogP contribution in [0.3, 0.4) is 0 Å². The Labute approximate surface area is 168 Å². The highest BCUT2D eigenvalue weighted by Crippen LogP contribution is 2.17. The normalized spacial score (nSPS) is 11.2. The molecule has 0 aliphatic heterocycles. The number of benzene rings is 1. The first kappa shape index (κ1) is 20.1. The summed E-state index contributed by atoms with van der Waals surface area (Å²) in [5, 5.41) is 4.10. The summed E-state index contributed by atoms with van der Waals surface area (Å²) in [6, 6.07) is 11.0. The van der Waals surface area contributed by atoms with Crippen molar-refractivity contribution in [3.05, 3.63) is 88.8 Å². The summed E-state index contributed by atoms with van der Waals surface area (Å²) in [5.74, 6) is -0.00520. The number of carbonyl (C=O) groups excluding carboxylic acids is 1. The largest absolute Gasteiger partial charge is 0.497 e. The van der Waals surface area contributed by atoms with Gasteiger partial charge >= 0.3 is 0 Å². The van der Waals surface area contributed by atoms with Gasteiger partial charge in [0.2, 0.25) is 0 Å². The Morgan fingerprint density at radius 3 is 2.38 bits per heavy atom. The van der Waals surface area contributed by atoms with Gasteiger partial charge in [0.05, 0.1) is 19.7 Å². The maximum absolute atomic E-state index is 13.6. The molecule has 0 bridgehead atoms. The Morgan fingerprint density at radius 2 is 1.76 bits per heavy atom. The predicted octanol–water partition coefficient (Wildman–Crippen LogP) is 3.76. The van der Waals surface area contributed by atoms with E-state index in [9.17, 15) is 9.18 Å². The molecule has 3 aromatic rings. The number of hydrogen-bond acceptors (Lipinski definition) is 6.